The van der Waals surface area contributed by atoms with Crippen LogP contribution in [0, 0.1) is 0 Å². The quantitative estimate of drug-likeness (QED) is 0.225. The Hall–Kier alpha value is -4.17. The highest BCUT2D eigenvalue weighted by Crippen LogP contribution is 2.29. The van der Waals surface area contributed by atoms with Gasteiger partial charge in [0.1, 0.15) is 12.6 Å². The molecule has 1 unspecified atom stereocenters. The number of hydrogen-bond acceptors (Lipinski definition) is 4. The number of fused-ring (bicyclic) bond motifs is 1. The molecule has 4 aromatic rings. The van der Waals surface area contributed by atoms with E-state index in [4.69, 9.17) is 0 Å². The van der Waals surface area contributed by atoms with E-state index in [2.05, 4.69) is 5.32 Å². The number of rotatable bonds is 13. The van der Waals surface area contributed by atoms with Crippen molar-refractivity contribution in [3.8, 4) is 0 Å². The van der Waals surface area contributed by atoms with Gasteiger partial charge in [0.05, 0.1) is 11.9 Å². The lowest BCUT2D eigenvalue weighted by atomic mass is 10.0. The van der Waals surface area contributed by atoms with Crippen LogP contribution in [0.5, 0.6) is 0 Å². The molecule has 0 aromatic heterocycles. The van der Waals surface area contributed by atoms with Crippen LogP contribution in [0.4, 0.5) is 5.69 Å². The minimum atomic E-state index is -3.85. The zero-order valence-electron chi connectivity index (χ0n) is 23.6. The van der Waals surface area contributed by atoms with Gasteiger partial charge in [-0.25, -0.2) is 8.42 Å². The van der Waals surface area contributed by atoms with E-state index in [0.29, 0.717) is 18.7 Å². The Kier molecular flexibility index (Phi) is 10.1. The number of sulfonamides is 1. The number of carbonyl (C=O) groups excluding carboxylic acids is 2. The Morgan fingerprint density at radius 2 is 1.41 bits per heavy atom. The number of nitrogens with zero attached hydrogens (tertiary/aromatic N) is 2. The minimum absolute atomic E-state index is 0.158. The molecular weight excluding hydrogens is 534 g/mol. The van der Waals surface area contributed by atoms with Gasteiger partial charge in [0.25, 0.3) is 0 Å². The van der Waals surface area contributed by atoms with Gasteiger partial charge < -0.3 is 10.2 Å². The van der Waals surface area contributed by atoms with Crippen LogP contribution in [0.3, 0.4) is 0 Å². The van der Waals surface area contributed by atoms with E-state index < -0.39 is 28.5 Å². The summed E-state index contributed by atoms with van der Waals surface area (Å²) >= 11 is 0. The predicted molar refractivity (Wildman–Crippen MR) is 165 cm³/mol. The fourth-order valence-electron chi connectivity index (χ4n) is 4.86. The molecule has 2 amide bonds. The van der Waals surface area contributed by atoms with Gasteiger partial charge in [-0.05, 0) is 29.0 Å². The molecule has 4 aromatic carbocycles. The number of benzene rings is 4. The predicted octanol–water partition coefficient (Wildman–Crippen LogP) is 5.16. The van der Waals surface area contributed by atoms with Gasteiger partial charge in [-0.3, -0.25) is 13.9 Å². The Morgan fingerprint density at radius 3 is 2.07 bits per heavy atom. The zero-order valence-corrected chi connectivity index (χ0v) is 24.4. The molecular formula is C33H37N3O4S. The standard InChI is InChI=1S/C33H37N3O4S/c1-3-4-22-34-33(38)31(23-26-14-7-5-8-15-26)35(24-27-16-9-6-10-17-27)32(37)25-36(41(2,39)40)30-21-13-19-28-18-11-12-20-29(28)30/h5-21,31H,3-4,22-25H2,1-2H3,(H,34,38). The Labute approximate surface area is 242 Å². The van der Waals surface area contributed by atoms with Gasteiger partial charge in [0.2, 0.25) is 21.8 Å². The van der Waals surface area contributed by atoms with E-state index >= 15 is 0 Å². The molecule has 0 spiro atoms. The Balaban J connectivity index is 1.75. The lowest BCUT2D eigenvalue weighted by molar-refractivity contribution is -0.140. The smallest absolute Gasteiger partial charge is 0.244 e. The minimum Gasteiger partial charge on any atom is -0.354 e. The molecule has 214 valence electrons. The molecule has 0 saturated heterocycles. The van der Waals surface area contributed by atoms with Crippen molar-refractivity contribution in [1.29, 1.82) is 0 Å². The molecule has 0 saturated carbocycles. The summed E-state index contributed by atoms with van der Waals surface area (Å²) < 4.78 is 27.4. The summed E-state index contributed by atoms with van der Waals surface area (Å²) in [7, 11) is -3.85. The van der Waals surface area contributed by atoms with Gasteiger partial charge in [-0.1, -0.05) is 110 Å². The Bertz CT molecular complexity index is 1550. The van der Waals surface area contributed by atoms with Crippen molar-refractivity contribution in [2.24, 2.45) is 0 Å². The molecule has 0 aliphatic rings. The number of anilines is 1. The molecule has 7 nitrogen and oxygen atoms in total. The van der Waals surface area contributed by atoms with Gasteiger partial charge in [-0.2, -0.15) is 0 Å². The molecule has 0 fully saturated rings. The van der Waals surface area contributed by atoms with Crippen LogP contribution in [0.15, 0.2) is 103 Å². The van der Waals surface area contributed by atoms with Gasteiger partial charge in [0, 0.05) is 24.9 Å². The molecule has 0 bridgehead atoms. The third-order valence-corrected chi connectivity index (χ3v) is 8.14. The van der Waals surface area contributed by atoms with Crippen LogP contribution in [0.1, 0.15) is 30.9 Å². The van der Waals surface area contributed by atoms with E-state index in [1.807, 2.05) is 97.9 Å². The van der Waals surface area contributed by atoms with E-state index in [1.54, 1.807) is 12.1 Å². The monoisotopic (exact) mass is 571 g/mol. The molecule has 0 aliphatic heterocycles. The van der Waals surface area contributed by atoms with E-state index in [-0.39, 0.29) is 12.5 Å². The van der Waals surface area contributed by atoms with Crippen molar-refractivity contribution in [1.82, 2.24) is 10.2 Å². The van der Waals surface area contributed by atoms with Crippen LogP contribution in [-0.2, 0) is 32.6 Å². The molecule has 8 heteroatoms. The highest BCUT2D eigenvalue weighted by Gasteiger charge is 2.33. The fraction of sp³-hybridized carbons (Fsp3) is 0.273. The van der Waals surface area contributed by atoms with Gasteiger partial charge >= 0.3 is 0 Å². The van der Waals surface area contributed by atoms with Crippen molar-refractivity contribution in [2.75, 3.05) is 23.7 Å². The largest absolute Gasteiger partial charge is 0.354 e. The summed E-state index contributed by atoms with van der Waals surface area (Å²) in [6.45, 7) is 2.27. The summed E-state index contributed by atoms with van der Waals surface area (Å²) in [4.78, 5) is 29.4. The van der Waals surface area contributed by atoms with Crippen LogP contribution < -0.4 is 9.62 Å². The van der Waals surface area contributed by atoms with Crippen LogP contribution in [0.2, 0.25) is 0 Å². The van der Waals surface area contributed by atoms with Crippen LogP contribution >= 0.6 is 0 Å². The first kappa shape index (κ1) is 29.8. The number of carbonyl (C=O) groups is 2. The van der Waals surface area contributed by atoms with E-state index in [1.165, 1.54) is 4.90 Å². The molecule has 0 radical (unpaired) electrons. The number of hydrogen-bond donors (Lipinski definition) is 1. The molecule has 4 rings (SSSR count). The van der Waals surface area contributed by atoms with Gasteiger partial charge in [-0.15, -0.1) is 0 Å². The van der Waals surface area contributed by atoms with Crippen molar-refractivity contribution in [3.63, 3.8) is 0 Å². The maximum atomic E-state index is 14.2. The number of unbranched alkanes of at least 4 members (excludes halogenated alkanes) is 1. The highest BCUT2D eigenvalue weighted by molar-refractivity contribution is 7.92. The van der Waals surface area contributed by atoms with Crippen molar-refractivity contribution < 1.29 is 18.0 Å². The SMILES string of the molecule is CCCCNC(=O)C(Cc1ccccc1)N(Cc1ccccc1)C(=O)CN(c1cccc2ccccc12)S(C)(=O)=O. The first-order valence-corrected chi connectivity index (χ1v) is 15.7. The normalized spacial score (nSPS) is 12.0. The highest BCUT2D eigenvalue weighted by atomic mass is 32.2. The second kappa shape index (κ2) is 13.9. The molecule has 0 heterocycles. The zero-order chi connectivity index (χ0) is 29.2. The average molecular weight is 572 g/mol. The topological polar surface area (TPSA) is 86.8 Å². The first-order chi connectivity index (χ1) is 19.8. The lowest BCUT2D eigenvalue weighted by Gasteiger charge is -2.33. The second-order valence-corrected chi connectivity index (χ2v) is 12.0. The maximum Gasteiger partial charge on any atom is 0.244 e. The molecule has 1 N–H and O–H groups in total. The molecule has 41 heavy (non-hydrogen) atoms. The fourth-order valence-corrected chi connectivity index (χ4v) is 5.72. The second-order valence-electron chi connectivity index (χ2n) is 10.1. The summed E-state index contributed by atoms with van der Waals surface area (Å²) in [5, 5.41) is 4.59. The Morgan fingerprint density at radius 1 is 0.805 bits per heavy atom. The van der Waals surface area contributed by atoms with Crippen molar-refractivity contribution >= 4 is 38.3 Å². The number of nitrogens with one attached hydrogen (secondary N) is 1. The van der Waals surface area contributed by atoms with Crippen molar-refractivity contribution in [3.05, 3.63) is 114 Å². The van der Waals surface area contributed by atoms with Gasteiger partial charge in [0.15, 0.2) is 0 Å². The lowest BCUT2D eigenvalue weighted by Crippen LogP contribution is -2.53. The summed E-state index contributed by atoms with van der Waals surface area (Å²) in [6, 6.07) is 31.0. The summed E-state index contributed by atoms with van der Waals surface area (Å²) in [5.74, 6) is -0.721. The third kappa shape index (κ3) is 7.95. The number of amides is 2. The summed E-state index contributed by atoms with van der Waals surface area (Å²) in [6.07, 6.45) is 3.14. The maximum absolute atomic E-state index is 14.2. The molecule has 0 aliphatic carbocycles. The van der Waals surface area contributed by atoms with Crippen molar-refractivity contribution in [2.45, 2.75) is 38.8 Å². The average Bonchev–Trinajstić information content (AvgIpc) is 2.98. The van der Waals surface area contributed by atoms with Crippen LogP contribution in [-0.4, -0.2) is 50.5 Å². The van der Waals surface area contributed by atoms with Crippen LogP contribution in [0.25, 0.3) is 10.8 Å². The molecule has 1 atom stereocenters. The van der Waals surface area contributed by atoms with E-state index in [0.717, 1.165) is 45.3 Å². The van der Waals surface area contributed by atoms with E-state index in [9.17, 15) is 18.0 Å². The summed E-state index contributed by atoms with van der Waals surface area (Å²) in [5.41, 5.74) is 2.17. The first-order valence-electron chi connectivity index (χ1n) is 13.9. The third-order valence-electron chi connectivity index (χ3n) is 7.01.